The summed E-state index contributed by atoms with van der Waals surface area (Å²) in [6, 6.07) is 14.5. The van der Waals surface area contributed by atoms with Gasteiger partial charge in [0.05, 0.1) is 11.8 Å². The third kappa shape index (κ3) is 4.45. The first-order chi connectivity index (χ1) is 14.6. The van der Waals surface area contributed by atoms with Crippen molar-refractivity contribution in [1.82, 2.24) is 0 Å². The van der Waals surface area contributed by atoms with Crippen LogP contribution in [0.25, 0.3) is 0 Å². The summed E-state index contributed by atoms with van der Waals surface area (Å²) in [5, 5.41) is 9.32. The zero-order valence-corrected chi connectivity index (χ0v) is 18.9. The minimum atomic E-state index is -3.60. The highest BCUT2D eigenvalue weighted by atomic mass is 32.2. The van der Waals surface area contributed by atoms with Crippen LogP contribution in [-0.2, 0) is 26.0 Å². The lowest BCUT2D eigenvalue weighted by Crippen LogP contribution is -2.46. The summed E-state index contributed by atoms with van der Waals surface area (Å²) in [6.07, 6.45) is 2.68. The van der Waals surface area contributed by atoms with Gasteiger partial charge in [-0.1, -0.05) is 38.1 Å². The molecule has 2 aliphatic rings. The second-order valence-corrected chi connectivity index (χ2v) is 11.0. The van der Waals surface area contributed by atoms with Crippen molar-refractivity contribution in [3.05, 3.63) is 59.2 Å². The number of carbonyl (C=O) groups is 1. The van der Waals surface area contributed by atoms with Crippen molar-refractivity contribution in [1.29, 1.82) is 5.26 Å². The molecule has 0 radical (unpaired) electrons. The minimum absolute atomic E-state index is 0.102. The molecule has 1 fully saturated rings. The Balaban J connectivity index is 1.57. The van der Waals surface area contributed by atoms with Crippen molar-refractivity contribution >= 4 is 27.3 Å². The molecule has 162 valence electrons. The van der Waals surface area contributed by atoms with Crippen LogP contribution in [0.1, 0.15) is 62.6 Å². The van der Waals surface area contributed by atoms with Crippen LogP contribution in [0, 0.1) is 11.3 Å². The van der Waals surface area contributed by atoms with Crippen LogP contribution in [0.3, 0.4) is 0 Å². The Kier molecular flexibility index (Phi) is 5.30. The second-order valence-electron chi connectivity index (χ2n) is 9.24. The van der Waals surface area contributed by atoms with E-state index in [1.807, 2.05) is 38.1 Å². The maximum atomic E-state index is 12.8. The van der Waals surface area contributed by atoms with E-state index in [1.54, 1.807) is 25.1 Å². The number of hydrogen-bond donors (Lipinski definition) is 1. The van der Waals surface area contributed by atoms with Gasteiger partial charge >= 0.3 is 0 Å². The molecule has 7 heteroatoms. The smallest absolute Gasteiger partial charge is 0.236 e. The SMILES string of the molecule is CC(C#N)N1C(=O)CC(C)(C)c2cc(NS(=O)(=O)Cc3ccc(C4CC4)cc3)ccc21. The number of fused-ring (bicyclic) bond motifs is 1. The molecular weight excluding hydrogens is 410 g/mol. The first-order valence-electron chi connectivity index (χ1n) is 10.6. The molecule has 0 spiro atoms. The Morgan fingerprint density at radius 1 is 1.19 bits per heavy atom. The molecule has 1 aliphatic heterocycles. The molecule has 2 aromatic carbocycles. The van der Waals surface area contributed by atoms with Crippen molar-refractivity contribution in [2.24, 2.45) is 0 Å². The molecule has 0 aromatic heterocycles. The summed E-state index contributed by atoms with van der Waals surface area (Å²) in [4.78, 5) is 14.1. The number of nitriles is 1. The number of amides is 1. The molecule has 0 saturated heterocycles. The van der Waals surface area contributed by atoms with Crippen LogP contribution >= 0.6 is 0 Å². The topological polar surface area (TPSA) is 90.3 Å². The Hall–Kier alpha value is -2.85. The summed E-state index contributed by atoms with van der Waals surface area (Å²) < 4.78 is 28.2. The fraction of sp³-hybridized carbons (Fsp3) is 0.417. The molecule has 1 amide bonds. The van der Waals surface area contributed by atoms with E-state index in [-0.39, 0.29) is 18.1 Å². The third-order valence-corrected chi connectivity index (χ3v) is 7.34. The van der Waals surface area contributed by atoms with Gasteiger partial charge in [-0.2, -0.15) is 5.26 Å². The molecule has 0 bridgehead atoms. The summed E-state index contributed by atoms with van der Waals surface area (Å²) in [6.45, 7) is 5.60. The molecule has 2 aromatic rings. The highest BCUT2D eigenvalue weighted by Gasteiger charge is 2.38. The summed E-state index contributed by atoms with van der Waals surface area (Å²) in [7, 11) is -3.60. The van der Waals surface area contributed by atoms with E-state index >= 15 is 0 Å². The second kappa shape index (κ2) is 7.69. The predicted octanol–water partition coefficient (Wildman–Crippen LogP) is 4.43. The number of rotatable bonds is 6. The zero-order chi connectivity index (χ0) is 22.4. The normalized spacial score (nSPS) is 18.8. The molecule has 1 heterocycles. The van der Waals surface area contributed by atoms with Crippen LogP contribution in [-0.4, -0.2) is 20.4 Å². The van der Waals surface area contributed by atoms with Gasteiger partial charge in [0, 0.05) is 23.2 Å². The lowest BCUT2D eigenvalue weighted by atomic mass is 9.77. The van der Waals surface area contributed by atoms with Crippen LogP contribution in [0.4, 0.5) is 11.4 Å². The quantitative estimate of drug-likeness (QED) is 0.724. The number of sulfonamides is 1. The molecule has 1 N–H and O–H groups in total. The van der Waals surface area contributed by atoms with Crippen molar-refractivity contribution in [2.45, 2.75) is 63.2 Å². The number of benzene rings is 2. The van der Waals surface area contributed by atoms with Crippen molar-refractivity contribution in [3.63, 3.8) is 0 Å². The van der Waals surface area contributed by atoms with E-state index in [9.17, 15) is 18.5 Å². The monoisotopic (exact) mass is 437 g/mol. The van der Waals surface area contributed by atoms with Crippen molar-refractivity contribution in [3.8, 4) is 6.07 Å². The van der Waals surface area contributed by atoms with E-state index in [2.05, 4.69) is 10.8 Å². The fourth-order valence-electron chi connectivity index (χ4n) is 4.26. The molecular formula is C24H27N3O3S. The van der Waals surface area contributed by atoms with Gasteiger partial charge in [0.1, 0.15) is 6.04 Å². The van der Waals surface area contributed by atoms with Crippen LogP contribution in [0.5, 0.6) is 0 Å². The highest BCUT2D eigenvalue weighted by molar-refractivity contribution is 7.91. The average molecular weight is 438 g/mol. The minimum Gasteiger partial charge on any atom is -0.296 e. The Morgan fingerprint density at radius 2 is 1.87 bits per heavy atom. The van der Waals surface area contributed by atoms with Crippen molar-refractivity contribution < 1.29 is 13.2 Å². The summed E-state index contributed by atoms with van der Waals surface area (Å²) in [5.41, 5.74) is 3.53. The van der Waals surface area contributed by atoms with E-state index in [4.69, 9.17) is 0 Å². The Morgan fingerprint density at radius 3 is 2.48 bits per heavy atom. The van der Waals surface area contributed by atoms with Gasteiger partial charge in [-0.25, -0.2) is 8.42 Å². The fourth-order valence-corrected chi connectivity index (χ4v) is 5.45. The lowest BCUT2D eigenvalue weighted by molar-refractivity contribution is -0.120. The number of nitrogens with one attached hydrogen (secondary N) is 1. The Labute approximate surface area is 183 Å². The van der Waals surface area contributed by atoms with Gasteiger partial charge in [0.2, 0.25) is 15.9 Å². The van der Waals surface area contributed by atoms with E-state index < -0.39 is 21.5 Å². The maximum Gasteiger partial charge on any atom is 0.236 e. The first-order valence-corrected chi connectivity index (χ1v) is 12.2. The van der Waals surface area contributed by atoms with Crippen LogP contribution in [0.2, 0.25) is 0 Å². The predicted molar refractivity (Wildman–Crippen MR) is 121 cm³/mol. The number of hydrogen-bond acceptors (Lipinski definition) is 4. The van der Waals surface area contributed by atoms with Crippen LogP contribution in [0.15, 0.2) is 42.5 Å². The van der Waals surface area contributed by atoms with Gasteiger partial charge in [0.15, 0.2) is 0 Å². The summed E-state index contributed by atoms with van der Waals surface area (Å²) in [5.74, 6) is 0.432. The molecule has 31 heavy (non-hydrogen) atoms. The van der Waals surface area contributed by atoms with E-state index in [0.29, 0.717) is 17.3 Å². The highest BCUT2D eigenvalue weighted by Crippen LogP contribution is 2.42. The van der Waals surface area contributed by atoms with Gasteiger partial charge in [-0.15, -0.1) is 0 Å². The summed E-state index contributed by atoms with van der Waals surface area (Å²) >= 11 is 0. The molecule has 4 rings (SSSR count). The largest absolute Gasteiger partial charge is 0.296 e. The van der Waals surface area contributed by atoms with Crippen molar-refractivity contribution in [2.75, 3.05) is 9.62 Å². The Bertz CT molecular complexity index is 1160. The van der Waals surface area contributed by atoms with E-state index in [0.717, 1.165) is 11.1 Å². The molecule has 1 aliphatic carbocycles. The molecule has 1 unspecified atom stereocenters. The van der Waals surface area contributed by atoms with Gasteiger partial charge < -0.3 is 0 Å². The molecule has 1 saturated carbocycles. The number of anilines is 2. The average Bonchev–Trinajstić information content (AvgIpc) is 3.53. The van der Waals surface area contributed by atoms with Gasteiger partial charge in [0.25, 0.3) is 0 Å². The molecule has 6 nitrogen and oxygen atoms in total. The van der Waals surface area contributed by atoms with E-state index in [1.165, 1.54) is 23.3 Å². The van der Waals surface area contributed by atoms with Gasteiger partial charge in [-0.3, -0.25) is 14.4 Å². The standard InChI is InChI=1S/C24H27N3O3S/c1-16(14-25)27-22-11-10-20(12-21(22)24(2,3)13-23(27)28)26-31(29,30)15-17-4-6-18(7-5-17)19-8-9-19/h4-7,10-12,16,19,26H,8-9,13,15H2,1-3H3. The van der Waals surface area contributed by atoms with Gasteiger partial charge in [-0.05, 0) is 60.6 Å². The molecule has 1 atom stereocenters. The number of nitrogens with zero attached hydrogens (tertiary/aromatic N) is 2. The zero-order valence-electron chi connectivity index (χ0n) is 18.1. The van der Waals surface area contributed by atoms with Crippen LogP contribution < -0.4 is 9.62 Å². The first kappa shape index (κ1) is 21.4. The maximum absolute atomic E-state index is 12.8. The third-order valence-electron chi connectivity index (χ3n) is 6.08. The lowest BCUT2D eigenvalue weighted by Gasteiger charge is -2.40. The number of carbonyl (C=O) groups excluding carboxylic acids is 1.